The highest BCUT2D eigenvalue weighted by Gasteiger charge is 2.11. The normalized spacial score (nSPS) is 11.9. The van der Waals surface area contributed by atoms with Gasteiger partial charge in [-0.25, -0.2) is 0 Å². The van der Waals surface area contributed by atoms with Gasteiger partial charge >= 0.3 is 0 Å². The first-order chi connectivity index (χ1) is 10.3. The summed E-state index contributed by atoms with van der Waals surface area (Å²) in [6, 6.07) is 21.5. The van der Waals surface area contributed by atoms with E-state index in [1.165, 1.54) is 16.7 Å². The summed E-state index contributed by atoms with van der Waals surface area (Å²) in [4.78, 5) is 0. The molecule has 0 fully saturated rings. The lowest BCUT2D eigenvalue weighted by Crippen LogP contribution is -2.16. The maximum atomic E-state index is 3.44. The van der Waals surface area contributed by atoms with E-state index in [0.717, 1.165) is 19.5 Å². The quantitative estimate of drug-likeness (QED) is 0.720. The molecule has 21 heavy (non-hydrogen) atoms. The molecular weight excluding hydrogens is 254 g/mol. The molecule has 0 spiro atoms. The number of allylic oxidation sites excluding steroid dienone is 1. The molecule has 1 N–H and O–H groups in total. The predicted molar refractivity (Wildman–Crippen MR) is 91.6 cm³/mol. The van der Waals surface area contributed by atoms with Gasteiger partial charge in [-0.2, -0.15) is 0 Å². The Balaban J connectivity index is 2.34. The second-order valence-corrected chi connectivity index (χ2v) is 5.26. The van der Waals surface area contributed by atoms with Crippen LogP contribution in [0.1, 0.15) is 37.3 Å². The summed E-state index contributed by atoms with van der Waals surface area (Å²) < 4.78 is 0. The maximum Gasteiger partial charge on any atom is 0.0272 e. The fourth-order valence-corrected chi connectivity index (χ4v) is 2.53. The summed E-state index contributed by atoms with van der Waals surface area (Å²) in [6.07, 6.45) is 3.51. The fourth-order valence-electron chi connectivity index (χ4n) is 2.53. The highest BCUT2D eigenvalue weighted by molar-refractivity contribution is 5.37. The third-order valence-corrected chi connectivity index (χ3v) is 3.78. The van der Waals surface area contributed by atoms with Crippen molar-refractivity contribution < 1.29 is 0 Å². The summed E-state index contributed by atoms with van der Waals surface area (Å²) in [6.45, 7) is 6.37. The van der Waals surface area contributed by atoms with Crippen LogP contribution in [0, 0.1) is 0 Å². The van der Waals surface area contributed by atoms with Crippen LogP contribution < -0.4 is 5.32 Å². The van der Waals surface area contributed by atoms with Crippen molar-refractivity contribution in [3.05, 3.63) is 83.4 Å². The van der Waals surface area contributed by atoms with Gasteiger partial charge in [-0.3, -0.25) is 0 Å². The number of likely N-dealkylation sites (N-methyl/N-ethyl adjacent to an activating group) is 1. The van der Waals surface area contributed by atoms with Gasteiger partial charge in [0, 0.05) is 12.5 Å². The molecular formula is C20H25N. The van der Waals surface area contributed by atoms with Gasteiger partial charge in [0.1, 0.15) is 0 Å². The molecule has 1 nitrogen and oxygen atoms in total. The fraction of sp³-hybridized carbons (Fsp3) is 0.300. The molecule has 0 heterocycles. The van der Waals surface area contributed by atoms with Crippen molar-refractivity contribution in [3.8, 4) is 0 Å². The van der Waals surface area contributed by atoms with Crippen molar-refractivity contribution in [1.82, 2.24) is 5.32 Å². The predicted octanol–water partition coefficient (Wildman–Crippen LogP) is 4.76. The second kappa shape index (κ2) is 8.43. The van der Waals surface area contributed by atoms with Crippen LogP contribution in [0.4, 0.5) is 0 Å². The highest BCUT2D eigenvalue weighted by atomic mass is 14.8. The van der Waals surface area contributed by atoms with Crippen molar-refractivity contribution >= 4 is 0 Å². The minimum Gasteiger partial charge on any atom is -0.313 e. The van der Waals surface area contributed by atoms with Crippen LogP contribution in [0.15, 0.2) is 72.3 Å². The smallest absolute Gasteiger partial charge is 0.0272 e. The Morgan fingerprint density at radius 1 is 0.905 bits per heavy atom. The van der Waals surface area contributed by atoms with E-state index >= 15 is 0 Å². The lowest BCUT2D eigenvalue weighted by molar-refractivity contribution is 0.752. The van der Waals surface area contributed by atoms with Gasteiger partial charge < -0.3 is 5.32 Å². The summed E-state index contributed by atoms with van der Waals surface area (Å²) >= 11 is 0. The van der Waals surface area contributed by atoms with Crippen LogP contribution in [0.3, 0.4) is 0 Å². The summed E-state index contributed by atoms with van der Waals surface area (Å²) in [5.41, 5.74) is 4.17. The van der Waals surface area contributed by atoms with E-state index in [2.05, 4.69) is 85.9 Å². The van der Waals surface area contributed by atoms with E-state index in [0.29, 0.717) is 5.92 Å². The minimum absolute atomic E-state index is 0.334. The largest absolute Gasteiger partial charge is 0.313 e. The molecule has 0 aromatic heterocycles. The third-order valence-electron chi connectivity index (χ3n) is 3.78. The zero-order valence-electron chi connectivity index (χ0n) is 13.0. The Labute approximate surface area is 128 Å². The molecule has 0 saturated carbocycles. The van der Waals surface area contributed by atoms with E-state index in [9.17, 15) is 0 Å². The molecule has 0 atom stereocenters. The first-order valence-corrected chi connectivity index (χ1v) is 7.85. The van der Waals surface area contributed by atoms with Crippen LogP contribution in [0.25, 0.3) is 0 Å². The molecule has 110 valence electrons. The average Bonchev–Trinajstić information content (AvgIpc) is 2.57. The van der Waals surface area contributed by atoms with E-state index < -0.39 is 0 Å². The molecule has 2 aromatic carbocycles. The Kier molecular flexibility index (Phi) is 6.23. The highest BCUT2D eigenvalue weighted by Crippen LogP contribution is 2.27. The monoisotopic (exact) mass is 279 g/mol. The van der Waals surface area contributed by atoms with Gasteiger partial charge in [-0.15, -0.1) is 0 Å². The number of hydrogen-bond acceptors (Lipinski definition) is 1. The van der Waals surface area contributed by atoms with Crippen LogP contribution in [0.5, 0.6) is 0 Å². The lowest BCUT2D eigenvalue weighted by atomic mass is 9.89. The number of hydrogen-bond donors (Lipinski definition) is 1. The van der Waals surface area contributed by atoms with E-state index in [1.54, 1.807) is 0 Å². The Morgan fingerprint density at radius 2 is 1.43 bits per heavy atom. The van der Waals surface area contributed by atoms with E-state index in [4.69, 9.17) is 0 Å². The minimum atomic E-state index is 0.334. The number of nitrogens with one attached hydrogen (secondary N) is 1. The van der Waals surface area contributed by atoms with Gasteiger partial charge in [0.05, 0.1) is 0 Å². The summed E-state index contributed by atoms with van der Waals surface area (Å²) in [5.74, 6) is 0.334. The molecule has 0 amide bonds. The van der Waals surface area contributed by atoms with Crippen molar-refractivity contribution in [3.63, 3.8) is 0 Å². The maximum absolute atomic E-state index is 3.44. The van der Waals surface area contributed by atoms with E-state index in [-0.39, 0.29) is 0 Å². The first-order valence-electron chi connectivity index (χ1n) is 7.85. The SMILES string of the molecule is CCNC/C(=C/C(c1ccccc1)c1ccccc1)CC. The van der Waals surface area contributed by atoms with Gasteiger partial charge in [-0.1, -0.05) is 86.2 Å². The molecule has 2 aromatic rings. The molecule has 0 aliphatic rings. The van der Waals surface area contributed by atoms with Crippen molar-refractivity contribution in [2.75, 3.05) is 13.1 Å². The number of rotatable bonds is 7. The Morgan fingerprint density at radius 3 is 1.86 bits per heavy atom. The molecule has 0 aliphatic heterocycles. The first kappa shape index (κ1) is 15.5. The molecule has 2 rings (SSSR count). The van der Waals surface area contributed by atoms with Crippen molar-refractivity contribution in [2.24, 2.45) is 0 Å². The van der Waals surface area contributed by atoms with Crippen molar-refractivity contribution in [2.45, 2.75) is 26.2 Å². The summed E-state index contributed by atoms with van der Waals surface area (Å²) in [7, 11) is 0. The lowest BCUT2D eigenvalue weighted by Gasteiger charge is -2.17. The molecule has 1 heteroatoms. The van der Waals surface area contributed by atoms with Crippen LogP contribution in [-0.4, -0.2) is 13.1 Å². The van der Waals surface area contributed by atoms with Gasteiger partial charge in [0.25, 0.3) is 0 Å². The molecule has 0 aliphatic carbocycles. The molecule has 0 radical (unpaired) electrons. The van der Waals surface area contributed by atoms with E-state index in [1.807, 2.05) is 0 Å². The number of benzene rings is 2. The molecule has 0 saturated heterocycles. The average molecular weight is 279 g/mol. The van der Waals surface area contributed by atoms with Crippen LogP contribution in [-0.2, 0) is 0 Å². The molecule has 0 unspecified atom stereocenters. The van der Waals surface area contributed by atoms with Gasteiger partial charge in [0.15, 0.2) is 0 Å². The standard InChI is InChI=1S/C20H25N/c1-3-17(16-21-4-2)15-20(18-11-7-5-8-12-18)19-13-9-6-10-14-19/h5-15,20-21H,3-4,16H2,1-2H3/b17-15+. The van der Waals surface area contributed by atoms with Gasteiger partial charge in [0.2, 0.25) is 0 Å². The topological polar surface area (TPSA) is 12.0 Å². The second-order valence-electron chi connectivity index (χ2n) is 5.26. The Bertz CT molecular complexity index is 503. The third kappa shape index (κ3) is 4.57. The van der Waals surface area contributed by atoms with Crippen molar-refractivity contribution in [1.29, 1.82) is 0 Å². The zero-order chi connectivity index (χ0) is 14.9. The van der Waals surface area contributed by atoms with Crippen LogP contribution in [0.2, 0.25) is 0 Å². The Hall–Kier alpha value is -1.86. The van der Waals surface area contributed by atoms with Gasteiger partial charge in [-0.05, 0) is 24.1 Å². The van der Waals surface area contributed by atoms with Crippen LogP contribution >= 0.6 is 0 Å². The molecule has 0 bridgehead atoms. The summed E-state index contributed by atoms with van der Waals surface area (Å²) in [5, 5.41) is 3.44. The zero-order valence-corrected chi connectivity index (χ0v) is 13.0.